The van der Waals surface area contributed by atoms with Crippen molar-refractivity contribution in [2.75, 3.05) is 0 Å². The SMILES string of the molecule is CCCc1ccc2c(-c3ccc(Cl)cc3)nsc2c1. The molecule has 0 radical (unpaired) electrons. The molecule has 1 aromatic heterocycles. The van der Waals surface area contributed by atoms with Crippen LogP contribution >= 0.6 is 23.1 Å². The highest BCUT2D eigenvalue weighted by molar-refractivity contribution is 7.13. The molecule has 0 unspecified atom stereocenters. The number of benzene rings is 2. The summed E-state index contributed by atoms with van der Waals surface area (Å²) in [5.41, 5.74) is 3.57. The van der Waals surface area contributed by atoms with Crippen LogP contribution in [-0.4, -0.2) is 4.37 Å². The molecule has 0 fully saturated rings. The molecule has 96 valence electrons. The topological polar surface area (TPSA) is 12.9 Å². The number of aromatic nitrogens is 1. The van der Waals surface area contributed by atoms with Crippen LogP contribution in [0, 0.1) is 0 Å². The van der Waals surface area contributed by atoms with Gasteiger partial charge in [0.05, 0.1) is 10.4 Å². The molecule has 0 aliphatic rings. The number of halogens is 1. The van der Waals surface area contributed by atoms with Crippen molar-refractivity contribution >= 4 is 33.2 Å². The van der Waals surface area contributed by atoms with Gasteiger partial charge in [-0.15, -0.1) is 0 Å². The van der Waals surface area contributed by atoms with Gasteiger partial charge < -0.3 is 0 Å². The molecule has 0 atom stereocenters. The highest BCUT2D eigenvalue weighted by Gasteiger charge is 2.08. The Morgan fingerprint density at radius 2 is 1.89 bits per heavy atom. The fourth-order valence-corrected chi connectivity index (χ4v) is 3.23. The Kier molecular flexibility index (Phi) is 3.54. The predicted molar refractivity (Wildman–Crippen MR) is 84.1 cm³/mol. The zero-order chi connectivity index (χ0) is 13.2. The lowest BCUT2D eigenvalue weighted by Gasteiger charge is -2.00. The van der Waals surface area contributed by atoms with E-state index in [1.807, 2.05) is 24.3 Å². The number of nitrogens with zero attached hydrogens (tertiary/aromatic N) is 1. The van der Waals surface area contributed by atoms with Crippen LogP contribution in [0.5, 0.6) is 0 Å². The normalized spacial score (nSPS) is 11.1. The minimum atomic E-state index is 0.758. The molecule has 0 N–H and O–H groups in total. The Hall–Kier alpha value is -1.38. The maximum atomic E-state index is 5.93. The van der Waals surface area contributed by atoms with Gasteiger partial charge in [0.2, 0.25) is 0 Å². The van der Waals surface area contributed by atoms with Crippen LogP contribution in [0.15, 0.2) is 42.5 Å². The fraction of sp³-hybridized carbons (Fsp3) is 0.188. The van der Waals surface area contributed by atoms with Gasteiger partial charge >= 0.3 is 0 Å². The standard InChI is InChI=1S/C16H14ClNS/c1-2-3-11-4-9-14-15(10-11)19-18-16(14)12-5-7-13(17)8-6-12/h4-10H,2-3H2,1H3. The summed E-state index contributed by atoms with van der Waals surface area (Å²) >= 11 is 7.50. The maximum absolute atomic E-state index is 5.93. The quantitative estimate of drug-likeness (QED) is 0.614. The van der Waals surface area contributed by atoms with E-state index < -0.39 is 0 Å². The third-order valence-electron chi connectivity index (χ3n) is 3.19. The van der Waals surface area contributed by atoms with Gasteiger partial charge in [-0.05, 0) is 41.7 Å². The molecule has 0 spiro atoms. The Morgan fingerprint density at radius 3 is 2.63 bits per heavy atom. The van der Waals surface area contributed by atoms with Gasteiger partial charge in [0, 0.05) is 16.0 Å². The molecular formula is C16H14ClNS. The molecule has 1 heterocycles. The Labute approximate surface area is 122 Å². The van der Waals surface area contributed by atoms with E-state index in [-0.39, 0.29) is 0 Å². The second-order valence-electron chi connectivity index (χ2n) is 4.62. The summed E-state index contributed by atoms with van der Waals surface area (Å²) in [6.07, 6.45) is 2.30. The Balaban J connectivity index is 2.07. The second-order valence-corrected chi connectivity index (χ2v) is 5.86. The highest BCUT2D eigenvalue weighted by atomic mass is 35.5. The van der Waals surface area contributed by atoms with E-state index in [2.05, 4.69) is 29.5 Å². The van der Waals surface area contributed by atoms with E-state index >= 15 is 0 Å². The van der Waals surface area contributed by atoms with Gasteiger partial charge in [-0.25, -0.2) is 0 Å². The van der Waals surface area contributed by atoms with Crippen LogP contribution in [0.2, 0.25) is 5.02 Å². The van der Waals surface area contributed by atoms with Crippen LogP contribution in [0.25, 0.3) is 21.3 Å². The zero-order valence-corrected chi connectivity index (χ0v) is 12.3. The molecule has 0 saturated carbocycles. The summed E-state index contributed by atoms with van der Waals surface area (Å²) in [6, 6.07) is 14.5. The molecule has 0 bridgehead atoms. The molecule has 0 amide bonds. The molecule has 3 aromatic rings. The summed E-state index contributed by atoms with van der Waals surface area (Å²) in [6.45, 7) is 2.20. The number of aryl methyl sites for hydroxylation is 1. The van der Waals surface area contributed by atoms with Crippen molar-refractivity contribution in [1.82, 2.24) is 4.37 Å². The summed E-state index contributed by atoms with van der Waals surface area (Å²) < 4.78 is 5.86. The third kappa shape index (κ3) is 2.51. The molecule has 0 aliphatic carbocycles. The molecule has 0 aliphatic heterocycles. The highest BCUT2D eigenvalue weighted by Crippen LogP contribution is 2.32. The smallest absolute Gasteiger partial charge is 0.0919 e. The largest absolute Gasteiger partial charge is 0.191 e. The van der Waals surface area contributed by atoms with Crippen molar-refractivity contribution in [1.29, 1.82) is 0 Å². The van der Waals surface area contributed by atoms with Gasteiger partial charge in [0.1, 0.15) is 0 Å². The van der Waals surface area contributed by atoms with Crippen molar-refractivity contribution in [3.8, 4) is 11.3 Å². The van der Waals surface area contributed by atoms with Gasteiger partial charge in [-0.1, -0.05) is 49.2 Å². The molecule has 1 nitrogen and oxygen atoms in total. The molecule has 0 saturated heterocycles. The van der Waals surface area contributed by atoms with E-state index in [1.165, 1.54) is 22.1 Å². The van der Waals surface area contributed by atoms with Crippen LogP contribution < -0.4 is 0 Å². The average molecular weight is 288 g/mol. The molecule has 19 heavy (non-hydrogen) atoms. The van der Waals surface area contributed by atoms with E-state index in [1.54, 1.807) is 11.5 Å². The summed E-state index contributed by atoms with van der Waals surface area (Å²) in [4.78, 5) is 0. The number of rotatable bonds is 3. The van der Waals surface area contributed by atoms with Crippen LogP contribution in [0.1, 0.15) is 18.9 Å². The minimum Gasteiger partial charge on any atom is -0.191 e. The molecular weight excluding hydrogens is 274 g/mol. The monoisotopic (exact) mass is 287 g/mol. The van der Waals surface area contributed by atoms with Crippen molar-refractivity contribution in [2.45, 2.75) is 19.8 Å². The first kappa shape index (κ1) is 12.6. The average Bonchev–Trinajstić information content (AvgIpc) is 2.83. The van der Waals surface area contributed by atoms with E-state index in [0.29, 0.717) is 0 Å². The van der Waals surface area contributed by atoms with Gasteiger partial charge in [0.15, 0.2) is 0 Å². The van der Waals surface area contributed by atoms with E-state index in [9.17, 15) is 0 Å². The first-order chi connectivity index (χ1) is 9.28. The first-order valence-electron chi connectivity index (χ1n) is 6.42. The van der Waals surface area contributed by atoms with Crippen molar-refractivity contribution in [3.05, 3.63) is 53.1 Å². The van der Waals surface area contributed by atoms with Crippen LogP contribution in [-0.2, 0) is 6.42 Å². The van der Waals surface area contributed by atoms with Crippen molar-refractivity contribution in [2.24, 2.45) is 0 Å². The van der Waals surface area contributed by atoms with E-state index in [0.717, 1.165) is 22.7 Å². The number of hydrogen-bond acceptors (Lipinski definition) is 2. The lowest BCUT2D eigenvalue weighted by atomic mass is 10.0. The lowest BCUT2D eigenvalue weighted by molar-refractivity contribution is 0.924. The summed E-state index contributed by atoms with van der Waals surface area (Å²) in [5, 5.41) is 1.99. The third-order valence-corrected chi connectivity index (χ3v) is 4.25. The Morgan fingerprint density at radius 1 is 1.11 bits per heavy atom. The zero-order valence-electron chi connectivity index (χ0n) is 10.7. The van der Waals surface area contributed by atoms with Crippen LogP contribution in [0.4, 0.5) is 0 Å². The Bertz CT molecular complexity index is 700. The first-order valence-corrected chi connectivity index (χ1v) is 7.57. The lowest BCUT2D eigenvalue weighted by Crippen LogP contribution is -1.82. The van der Waals surface area contributed by atoms with Crippen LogP contribution in [0.3, 0.4) is 0 Å². The summed E-state index contributed by atoms with van der Waals surface area (Å²) in [7, 11) is 0. The molecule has 3 heteroatoms. The fourth-order valence-electron chi connectivity index (χ4n) is 2.24. The van der Waals surface area contributed by atoms with Crippen molar-refractivity contribution in [3.63, 3.8) is 0 Å². The maximum Gasteiger partial charge on any atom is 0.0919 e. The van der Waals surface area contributed by atoms with Crippen molar-refractivity contribution < 1.29 is 0 Å². The predicted octanol–water partition coefficient (Wildman–Crippen LogP) is 5.57. The van der Waals surface area contributed by atoms with E-state index in [4.69, 9.17) is 11.6 Å². The molecule has 3 rings (SSSR count). The minimum absolute atomic E-state index is 0.758. The number of fused-ring (bicyclic) bond motifs is 1. The van der Waals surface area contributed by atoms with Gasteiger partial charge in [0.25, 0.3) is 0 Å². The number of hydrogen-bond donors (Lipinski definition) is 0. The van der Waals surface area contributed by atoms with Gasteiger partial charge in [-0.2, -0.15) is 4.37 Å². The van der Waals surface area contributed by atoms with Gasteiger partial charge in [-0.3, -0.25) is 0 Å². The summed E-state index contributed by atoms with van der Waals surface area (Å²) in [5.74, 6) is 0. The molecule has 2 aromatic carbocycles. The second kappa shape index (κ2) is 5.32.